The van der Waals surface area contributed by atoms with E-state index < -0.39 is 17.3 Å². The molecule has 0 unspecified atom stereocenters. The second kappa shape index (κ2) is 6.24. The summed E-state index contributed by atoms with van der Waals surface area (Å²) >= 11 is 0. The first-order chi connectivity index (χ1) is 12.5. The first kappa shape index (κ1) is 16.8. The maximum absolute atomic E-state index is 13.3. The van der Waals surface area contributed by atoms with Gasteiger partial charge in [0.1, 0.15) is 0 Å². The molecule has 1 aromatic carbocycles. The number of carbonyl (C=O) groups is 2. The fraction of sp³-hybridized carbons (Fsp3) is 0.381. The molecule has 1 amide bonds. The van der Waals surface area contributed by atoms with Gasteiger partial charge in [-0.1, -0.05) is 35.9 Å². The minimum Gasteiger partial charge on any atom is -0.481 e. The van der Waals surface area contributed by atoms with Crippen molar-refractivity contribution >= 4 is 11.9 Å². The third-order valence-electron chi connectivity index (χ3n) is 5.80. The van der Waals surface area contributed by atoms with E-state index in [9.17, 15) is 14.7 Å². The molecule has 1 aliphatic carbocycles. The van der Waals surface area contributed by atoms with Gasteiger partial charge in [0, 0.05) is 31.4 Å². The second-order valence-corrected chi connectivity index (χ2v) is 7.50. The third-order valence-corrected chi connectivity index (χ3v) is 5.80. The number of pyridine rings is 1. The molecule has 2 fully saturated rings. The third kappa shape index (κ3) is 2.77. The summed E-state index contributed by atoms with van der Waals surface area (Å²) in [6.45, 7) is 2.73. The molecule has 2 atom stereocenters. The number of likely N-dealkylation sites (tertiary alicyclic amines) is 1. The molecule has 2 aliphatic rings. The molecular formula is C21H22N2O3. The highest BCUT2D eigenvalue weighted by molar-refractivity contribution is 5.92. The molecule has 1 saturated heterocycles. The number of rotatable bonds is 4. The fourth-order valence-corrected chi connectivity index (χ4v) is 4.08. The first-order valence-electron chi connectivity index (χ1n) is 9.00. The lowest BCUT2D eigenvalue weighted by atomic mass is 9.90. The van der Waals surface area contributed by atoms with E-state index in [1.54, 1.807) is 17.3 Å². The van der Waals surface area contributed by atoms with Gasteiger partial charge in [-0.25, -0.2) is 0 Å². The van der Waals surface area contributed by atoms with E-state index in [0.717, 1.165) is 24.0 Å². The van der Waals surface area contributed by atoms with Crippen molar-refractivity contribution in [1.29, 1.82) is 0 Å². The molecule has 2 heterocycles. The predicted molar refractivity (Wildman–Crippen MR) is 96.8 cm³/mol. The molecule has 2 aromatic rings. The van der Waals surface area contributed by atoms with Crippen LogP contribution in [-0.2, 0) is 15.0 Å². The zero-order chi connectivity index (χ0) is 18.3. The van der Waals surface area contributed by atoms with Crippen LogP contribution in [-0.4, -0.2) is 40.0 Å². The minimum absolute atomic E-state index is 0.0685. The Labute approximate surface area is 152 Å². The first-order valence-corrected chi connectivity index (χ1v) is 9.00. The zero-order valence-corrected chi connectivity index (χ0v) is 14.8. The summed E-state index contributed by atoms with van der Waals surface area (Å²) < 4.78 is 0. The van der Waals surface area contributed by atoms with Crippen molar-refractivity contribution in [3.05, 3.63) is 65.5 Å². The molecule has 134 valence electrons. The zero-order valence-electron chi connectivity index (χ0n) is 14.8. The van der Waals surface area contributed by atoms with Crippen LogP contribution < -0.4 is 0 Å². The number of carboxylic acid groups (broad SMARTS) is 1. The van der Waals surface area contributed by atoms with Gasteiger partial charge < -0.3 is 10.0 Å². The van der Waals surface area contributed by atoms with Crippen LogP contribution in [0.5, 0.6) is 0 Å². The Morgan fingerprint density at radius 1 is 1.15 bits per heavy atom. The van der Waals surface area contributed by atoms with Crippen LogP contribution in [0.25, 0.3) is 0 Å². The fourth-order valence-electron chi connectivity index (χ4n) is 4.08. The largest absolute Gasteiger partial charge is 0.481 e. The maximum Gasteiger partial charge on any atom is 0.308 e. The van der Waals surface area contributed by atoms with Crippen molar-refractivity contribution in [2.75, 3.05) is 13.1 Å². The van der Waals surface area contributed by atoms with Crippen LogP contribution in [0.4, 0.5) is 0 Å². The molecule has 5 heteroatoms. The Bertz CT molecular complexity index is 828. The molecule has 1 N–H and O–H groups in total. The van der Waals surface area contributed by atoms with E-state index in [-0.39, 0.29) is 18.4 Å². The summed E-state index contributed by atoms with van der Waals surface area (Å²) in [6, 6.07) is 11.8. The van der Waals surface area contributed by atoms with E-state index in [1.165, 1.54) is 5.56 Å². The molecule has 4 rings (SSSR count). The lowest BCUT2D eigenvalue weighted by Crippen LogP contribution is -2.38. The normalized spacial score (nSPS) is 23.7. The number of hydrogen-bond acceptors (Lipinski definition) is 3. The van der Waals surface area contributed by atoms with Crippen molar-refractivity contribution in [2.24, 2.45) is 5.92 Å². The molecule has 1 aliphatic heterocycles. The summed E-state index contributed by atoms with van der Waals surface area (Å²) in [7, 11) is 0. The highest BCUT2D eigenvalue weighted by Gasteiger charge is 2.55. The number of carboxylic acids is 1. The molecule has 0 radical (unpaired) electrons. The molecule has 1 aromatic heterocycles. The van der Waals surface area contributed by atoms with Gasteiger partial charge in [0.25, 0.3) is 0 Å². The highest BCUT2D eigenvalue weighted by Crippen LogP contribution is 2.50. The maximum atomic E-state index is 13.3. The molecular weight excluding hydrogens is 328 g/mol. The van der Waals surface area contributed by atoms with Crippen LogP contribution in [0.15, 0.2) is 48.8 Å². The highest BCUT2D eigenvalue weighted by atomic mass is 16.4. The van der Waals surface area contributed by atoms with E-state index in [4.69, 9.17) is 0 Å². The van der Waals surface area contributed by atoms with Crippen LogP contribution in [0.2, 0.25) is 0 Å². The number of hydrogen-bond donors (Lipinski definition) is 1. The summed E-state index contributed by atoms with van der Waals surface area (Å²) in [6.07, 6.45) is 5.05. The van der Waals surface area contributed by atoms with Crippen molar-refractivity contribution in [2.45, 2.75) is 31.1 Å². The summed E-state index contributed by atoms with van der Waals surface area (Å²) in [5.41, 5.74) is 2.64. The minimum atomic E-state index is -0.852. The monoisotopic (exact) mass is 350 g/mol. The number of aromatic nitrogens is 1. The smallest absolute Gasteiger partial charge is 0.308 e. The number of carbonyl (C=O) groups excluding carboxylic acids is 1. The van der Waals surface area contributed by atoms with Crippen molar-refractivity contribution < 1.29 is 14.7 Å². The molecule has 1 saturated carbocycles. The lowest BCUT2D eigenvalue weighted by Gasteiger charge is -2.24. The predicted octanol–water partition coefficient (Wildman–Crippen LogP) is 2.75. The van der Waals surface area contributed by atoms with Crippen molar-refractivity contribution in [3.63, 3.8) is 0 Å². The molecule has 0 spiro atoms. The number of nitrogens with zero attached hydrogens (tertiary/aromatic N) is 2. The average molecular weight is 350 g/mol. The second-order valence-electron chi connectivity index (χ2n) is 7.50. The Hall–Kier alpha value is -2.69. The van der Waals surface area contributed by atoms with Gasteiger partial charge in [-0.15, -0.1) is 0 Å². The van der Waals surface area contributed by atoms with E-state index in [2.05, 4.69) is 4.98 Å². The van der Waals surface area contributed by atoms with Gasteiger partial charge in [-0.2, -0.15) is 0 Å². The Kier molecular flexibility index (Phi) is 4.02. The summed E-state index contributed by atoms with van der Waals surface area (Å²) in [5, 5.41) is 9.65. The van der Waals surface area contributed by atoms with Gasteiger partial charge in [-0.3, -0.25) is 14.6 Å². The Morgan fingerprint density at radius 2 is 1.88 bits per heavy atom. The van der Waals surface area contributed by atoms with Gasteiger partial charge in [-0.05, 0) is 37.0 Å². The van der Waals surface area contributed by atoms with E-state index >= 15 is 0 Å². The van der Waals surface area contributed by atoms with Crippen molar-refractivity contribution in [1.82, 2.24) is 9.88 Å². The Morgan fingerprint density at radius 3 is 2.46 bits per heavy atom. The van der Waals surface area contributed by atoms with E-state index in [1.807, 2.05) is 43.3 Å². The van der Waals surface area contributed by atoms with Gasteiger partial charge in [0.05, 0.1) is 11.3 Å². The Balaban J connectivity index is 1.59. The van der Waals surface area contributed by atoms with Crippen LogP contribution >= 0.6 is 0 Å². The number of aryl methyl sites for hydroxylation is 1. The van der Waals surface area contributed by atoms with Gasteiger partial charge in [0.2, 0.25) is 5.91 Å². The topological polar surface area (TPSA) is 70.5 Å². The van der Waals surface area contributed by atoms with E-state index in [0.29, 0.717) is 6.54 Å². The van der Waals surface area contributed by atoms with Crippen LogP contribution in [0, 0.1) is 12.8 Å². The number of aliphatic carboxylic acids is 1. The summed E-state index contributed by atoms with van der Waals surface area (Å²) in [5.74, 6) is -1.58. The lowest BCUT2D eigenvalue weighted by molar-refractivity contribution is -0.142. The van der Waals surface area contributed by atoms with Gasteiger partial charge in [0.15, 0.2) is 0 Å². The molecule has 0 bridgehead atoms. The SMILES string of the molecule is Cc1ccc(C2(C(=O)N3C[C@H](C(=O)O)[C@@H](c4cccnc4)C3)CC2)cc1. The van der Waals surface area contributed by atoms with Gasteiger partial charge >= 0.3 is 5.97 Å². The number of benzene rings is 1. The average Bonchev–Trinajstić information content (AvgIpc) is 3.33. The number of amides is 1. The van der Waals surface area contributed by atoms with Crippen molar-refractivity contribution in [3.8, 4) is 0 Å². The van der Waals surface area contributed by atoms with Crippen LogP contribution in [0.3, 0.4) is 0 Å². The quantitative estimate of drug-likeness (QED) is 0.920. The van der Waals surface area contributed by atoms with Crippen LogP contribution in [0.1, 0.15) is 35.4 Å². The molecule has 26 heavy (non-hydrogen) atoms. The standard InChI is InChI=1S/C21H22N2O3/c1-14-4-6-16(7-5-14)21(8-9-21)20(26)23-12-17(18(13-23)19(24)25)15-3-2-10-22-11-15/h2-7,10-11,17-18H,8-9,12-13H2,1H3,(H,24,25)/t17-,18+/m1/s1. The molecule has 5 nitrogen and oxygen atoms in total. The summed E-state index contributed by atoms with van der Waals surface area (Å²) in [4.78, 5) is 30.9.